The molecular weight excluding hydrogens is 340 g/mol. The van der Waals surface area contributed by atoms with Crippen LogP contribution >= 0.6 is 0 Å². The van der Waals surface area contributed by atoms with Crippen LogP contribution in [0.3, 0.4) is 0 Å². The molecule has 0 aliphatic rings. The van der Waals surface area contributed by atoms with E-state index >= 15 is 0 Å². The van der Waals surface area contributed by atoms with Gasteiger partial charge in [0.05, 0.1) is 12.2 Å². The van der Waals surface area contributed by atoms with Gasteiger partial charge in [-0.3, -0.25) is 0 Å². The standard InChI is InChI=1S/C22H38O3Si/c1-17(2)21(25-26(6,7)22(3,4)5)16-19(23)14-11-15-20(24)18-12-9-8-10-13-18/h8-13,15,17,19-21,23-24H,14,16H2,1-7H3/b15-11-/t19-,20+,21-/m1/s1. The van der Waals surface area contributed by atoms with Gasteiger partial charge in [-0.1, -0.05) is 77.1 Å². The van der Waals surface area contributed by atoms with E-state index in [0.29, 0.717) is 18.8 Å². The highest BCUT2D eigenvalue weighted by molar-refractivity contribution is 6.74. The van der Waals surface area contributed by atoms with Crippen LogP contribution in [0.5, 0.6) is 0 Å². The monoisotopic (exact) mass is 378 g/mol. The number of hydrogen-bond acceptors (Lipinski definition) is 3. The molecule has 4 heteroatoms. The van der Waals surface area contributed by atoms with E-state index in [0.717, 1.165) is 5.56 Å². The van der Waals surface area contributed by atoms with Crippen LogP contribution in [0.25, 0.3) is 0 Å². The van der Waals surface area contributed by atoms with E-state index < -0.39 is 20.5 Å². The lowest BCUT2D eigenvalue weighted by molar-refractivity contribution is 0.0618. The predicted octanol–water partition coefficient (Wildman–Crippen LogP) is 5.46. The van der Waals surface area contributed by atoms with Gasteiger partial charge < -0.3 is 14.6 Å². The summed E-state index contributed by atoms with van der Waals surface area (Å²) in [6.45, 7) is 15.5. The summed E-state index contributed by atoms with van der Waals surface area (Å²) in [5.74, 6) is 0.359. The van der Waals surface area contributed by atoms with E-state index in [9.17, 15) is 10.2 Å². The first kappa shape index (κ1) is 23.1. The maximum Gasteiger partial charge on any atom is 0.192 e. The van der Waals surface area contributed by atoms with Gasteiger partial charge in [0.2, 0.25) is 0 Å². The molecule has 3 nitrogen and oxygen atoms in total. The van der Waals surface area contributed by atoms with Crippen molar-refractivity contribution in [1.82, 2.24) is 0 Å². The van der Waals surface area contributed by atoms with Crippen LogP contribution in [-0.2, 0) is 4.43 Å². The van der Waals surface area contributed by atoms with Crippen LogP contribution in [0, 0.1) is 5.92 Å². The van der Waals surface area contributed by atoms with E-state index in [1.54, 1.807) is 6.08 Å². The second-order valence-corrected chi connectivity index (χ2v) is 13.8. The Labute approximate surface area is 161 Å². The normalized spacial score (nSPS) is 16.8. The lowest BCUT2D eigenvalue weighted by Crippen LogP contribution is -2.46. The molecule has 1 aromatic carbocycles. The van der Waals surface area contributed by atoms with E-state index in [1.807, 2.05) is 36.4 Å². The third-order valence-corrected chi connectivity index (χ3v) is 9.87. The topological polar surface area (TPSA) is 49.7 Å². The van der Waals surface area contributed by atoms with Crippen molar-refractivity contribution >= 4 is 8.32 Å². The Hall–Kier alpha value is -0.943. The van der Waals surface area contributed by atoms with Gasteiger partial charge in [-0.25, -0.2) is 0 Å². The predicted molar refractivity (Wildman–Crippen MR) is 113 cm³/mol. The van der Waals surface area contributed by atoms with Crippen molar-refractivity contribution in [2.24, 2.45) is 5.92 Å². The Morgan fingerprint density at radius 1 is 1.08 bits per heavy atom. The summed E-state index contributed by atoms with van der Waals surface area (Å²) in [5, 5.41) is 20.8. The van der Waals surface area contributed by atoms with Crippen molar-refractivity contribution < 1.29 is 14.6 Å². The Bertz CT molecular complexity index is 546. The first-order valence-corrected chi connectivity index (χ1v) is 12.6. The first-order chi connectivity index (χ1) is 11.9. The van der Waals surface area contributed by atoms with E-state index in [1.165, 1.54) is 0 Å². The number of aliphatic hydroxyl groups excluding tert-OH is 2. The van der Waals surface area contributed by atoms with Crippen LogP contribution in [0.15, 0.2) is 42.5 Å². The largest absolute Gasteiger partial charge is 0.414 e. The molecule has 0 bridgehead atoms. The minimum Gasteiger partial charge on any atom is -0.414 e. The molecule has 0 saturated carbocycles. The third kappa shape index (κ3) is 7.35. The van der Waals surface area contributed by atoms with Crippen LogP contribution in [0.2, 0.25) is 18.1 Å². The quantitative estimate of drug-likeness (QED) is 0.443. The van der Waals surface area contributed by atoms with Crippen molar-refractivity contribution in [2.45, 2.75) is 83.9 Å². The highest BCUT2D eigenvalue weighted by atomic mass is 28.4. The first-order valence-electron chi connectivity index (χ1n) is 9.69. The molecule has 3 atom stereocenters. The fourth-order valence-corrected chi connectivity index (χ4v) is 3.98. The molecule has 0 saturated heterocycles. The molecule has 148 valence electrons. The number of hydrogen-bond donors (Lipinski definition) is 2. The Morgan fingerprint density at radius 2 is 1.65 bits per heavy atom. The lowest BCUT2D eigenvalue weighted by Gasteiger charge is -2.41. The summed E-state index contributed by atoms with van der Waals surface area (Å²) in [5.41, 5.74) is 0.861. The van der Waals surface area contributed by atoms with Gasteiger partial charge in [0.25, 0.3) is 0 Å². The van der Waals surface area contributed by atoms with Crippen molar-refractivity contribution in [1.29, 1.82) is 0 Å². The fraction of sp³-hybridized carbons (Fsp3) is 0.636. The van der Waals surface area contributed by atoms with E-state index in [2.05, 4.69) is 47.7 Å². The molecule has 0 amide bonds. The Kier molecular flexibility index (Phi) is 8.74. The zero-order valence-corrected chi connectivity index (χ0v) is 18.6. The van der Waals surface area contributed by atoms with Gasteiger partial charge in [-0.2, -0.15) is 0 Å². The lowest BCUT2D eigenvalue weighted by atomic mass is 9.99. The number of rotatable bonds is 9. The summed E-state index contributed by atoms with van der Waals surface area (Å²) in [4.78, 5) is 0. The smallest absolute Gasteiger partial charge is 0.192 e. The molecular formula is C22H38O3Si. The highest BCUT2D eigenvalue weighted by Crippen LogP contribution is 2.38. The van der Waals surface area contributed by atoms with Crippen molar-refractivity contribution in [2.75, 3.05) is 0 Å². The van der Waals surface area contributed by atoms with E-state index in [4.69, 9.17) is 4.43 Å². The Balaban J connectivity index is 2.60. The molecule has 0 aliphatic heterocycles. The third-order valence-electron chi connectivity index (χ3n) is 5.37. The summed E-state index contributed by atoms with van der Waals surface area (Å²) < 4.78 is 6.54. The van der Waals surface area contributed by atoms with Gasteiger partial charge in [0.15, 0.2) is 8.32 Å². The molecule has 0 unspecified atom stereocenters. The highest BCUT2D eigenvalue weighted by Gasteiger charge is 2.39. The zero-order chi connectivity index (χ0) is 20.0. The average Bonchev–Trinajstić information content (AvgIpc) is 2.53. The Morgan fingerprint density at radius 3 is 2.15 bits per heavy atom. The number of aliphatic hydroxyl groups is 2. The van der Waals surface area contributed by atoms with Crippen molar-refractivity contribution in [3.8, 4) is 0 Å². The maximum absolute atomic E-state index is 10.5. The minimum atomic E-state index is -1.86. The number of benzene rings is 1. The van der Waals surface area contributed by atoms with E-state index in [-0.39, 0.29) is 11.1 Å². The summed E-state index contributed by atoms with van der Waals surface area (Å²) in [7, 11) is -1.86. The second-order valence-electron chi connectivity index (χ2n) is 9.07. The van der Waals surface area contributed by atoms with Crippen molar-refractivity contribution in [3.05, 3.63) is 48.0 Å². The molecule has 0 heterocycles. The molecule has 0 aromatic heterocycles. The fourth-order valence-electron chi connectivity index (χ4n) is 2.50. The van der Waals surface area contributed by atoms with Gasteiger partial charge in [0.1, 0.15) is 0 Å². The summed E-state index contributed by atoms with van der Waals surface area (Å²) in [6, 6.07) is 9.54. The maximum atomic E-state index is 10.5. The summed E-state index contributed by atoms with van der Waals surface area (Å²) in [6.07, 6.45) is 3.71. The van der Waals surface area contributed by atoms with Gasteiger partial charge in [-0.15, -0.1) is 0 Å². The molecule has 0 fully saturated rings. The minimum absolute atomic E-state index is 0.0540. The van der Waals surface area contributed by atoms with Gasteiger partial charge in [-0.05, 0) is 42.5 Å². The average molecular weight is 379 g/mol. The van der Waals surface area contributed by atoms with Gasteiger partial charge in [0, 0.05) is 6.10 Å². The SMILES string of the molecule is CC(C)[C@@H](C[C@H](O)C/C=C\[C@H](O)c1ccccc1)O[Si](C)(C)C(C)(C)C. The van der Waals surface area contributed by atoms with Crippen LogP contribution in [-0.4, -0.2) is 30.7 Å². The molecule has 0 radical (unpaired) electrons. The molecule has 0 spiro atoms. The zero-order valence-electron chi connectivity index (χ0n) is 17.6. The van der Waals surface area contributed by atoms with Crippen molar-refractivity contribution in [3.63, 3.8) is 0 Å². The molecule has 0 aliphatic carbocycles. The van der Waals surface area contributed by atoms with Crippen LogP contribution < -0.4 is 0 Å². The van der Waals surface area contributed by atoms with Crippen LogP contribution in [0.1, 0.15) is 59.1 Å². The molecule has 26 heavy (non-hydrogen) atoms. The van der Waals surface area contributed by atoms with Gasteiger partial charge >= 0.3 is 0 Å². The molecule has 2 N–H and O–H groups in total. The summed E-state index contributed by atoms with van der Waals surface area (Å²) >= 11 is 0. The van der Waals surface area contributed by atoms with Crippen LogP contribution in [0.4, 0.5) is 0 Å². The molecule has 1 rings (SSSR count). The molecule has 1 aromatic rings. The second kappa shape index (κ2) is 9.84.